The molecule has 3 rings (SSSR count). The van der Waals surface area contributed by atoms with Crippen molar-refractivity contribution in [2.45, 2.75) is 6.54 Å². The van der Waals surface area contributed by atoms with E-state index in [1.165, 1.54) is 6.21 Å². The number of hydrogen-bond donors (Lipinski definition) is 1. The predicted octanol–water partition coefficient (Wildman–Crippen LogP) is 4.23. The summed E-state index contributed by atoms with van der Waals surface area (Å²) >= 11 is 6.79. The molecule has 8 heteroatoms. The second kappa shape index (κ2) is 8.96. The number of aromatic nitrogens is 2. The Morgan fingerprint density at radius 2 is 1.96 bits per heavy atom. The number of nitrogens with zero attached hydrogens (tertiary/aromatic N) is 3. The third-order valence-corrected chi connectivity index (χ3v) is 4.81. The smallest absolute Gasteiger partial charge is 0.293 e. The van der Waals surface area contributed by atoms with Crippen LogP contribution in [0.4, 0.5) is 0 Å². The van der Waals surface area contributed by atoms with Crippen molar-refractivity contribution in [2.24, 2.45) is 5.10 Å². The third kappa shape index (κ3) is 5.05. The van der Waals surface area contributed by atoms with E-state index >= 15 is 0 Å². The zero-order valence-corrected chi connectivity index (χ0v) is 17.6. The maximum Gasteiger partial charge on any atom is 0.293 e. The average Bonchev–Trinajstić information content (AvgIpc) is 3.04. The molecule has 3 aromatic rings. The number of nitrogens with one attached hydrogen (secondary N) is 1. The van der Waals surface area contributed by atoms with Crippen LogP contribution < -0.4 is 10.2 Å². The first-order valence-electron chi connectivity index (χ1n) is 8.00. The molecular formula is C19H16Br2N4O2. The lowest BCUT2D eigenvalue weighted by Gasteiger charge is -2.03. The van der Waals surface area contributed by atoms with E-state index in [0.717, 1.165) is 15.6 Å². The number of rotatable bonds is 6. The van der Waals surface area contributed by atoms with Crippen LogP contribution in [-0.2, 0) is 6.54 Å². The van der Waals surface area contributed by atoms with Gasteiger partial charge in [-0.1, -0.05) is 40.2 Å². The number of carbonyl (C=O) groups excluding carboxylic acids is 1. The van der Waals surface area contributed by atoms with Crippen molar-refractivity contribution in [1.29, 1.82) is 0 Å². The number of hydrogen-bond acceptors (Lipinski definition) is 4. The minimum atomic E-state index is -0.400. The van der Waals surface area contributed by atoms with Crippen LogP contribution in [0.3, 0.4) is 0 Å². The van der Waals surface area contributed by atoms with E-state index in [9.17, 15) is 4.79 Å². The second-order valence-electron chi connectivity index (χ2n) is 5.59. The molecule has 0 radical (unpaired) electrons. The van der Waals surface area contributed by atoms with Gasteiger partial charge in [0.05, 0.1) is 24.3 Å². The second-order valence-corrected chi connectivity index (χ2v) is 7.36. The first kappa shape index (κ1) is 19.3. The Morgan fingerprint density at radius 1 is 1.22 bits per heavy atom. The van der Waals surface area contributed by atoms with E-state index in [2.05, 4.69) is 47.5 Å². The Kier molecular flexibility index (Phi) is 6.41. The lowest BCUT2D eigenvalue weighted by molar-refractivity contribution is 0.0948. The Hall–Kier alpha value is -2.45. The van der Waals surface area contributed by atoms with Crippen LogP contribution in [0.5, 0.6) is 5.75 Å². The van der Waals surface area contributed by atoms with E-state index in [0.29, 0.717) is 16.8 Å². The summed E-state index contributed by atoms with van der Waals surface area (Å²) < 4.78 is 8.56. The minimum absolute atomic E-state index is 0.268. The molecule has 0 atom stereocenters. The highest BCUT2D eigenvalue weighted by atomic mass is 79.9. The Labute approximate surface area is 173 Å². The molecule has 1 aromatic heterocycles. The summed E-state index contributed by atoms with van der Waals surface area (Å²) in [6.07, 6.45) is 3.30. The third-order valence-electron chi connectivity index (χ3n) is 3.70. The largest absolute Gasteiger partial charge is 0.496 e. The standard InChI is InChI=1S/C19H16Br2N4O2/c1-27-17-5-3-2-4-14(17)10-22-23-19(26)18-16(21)12-25(24-18)11-13-6-8-15(20)9-7-13/h2-10,12H,11H2,1H3,(H,23,26)/b22-10-. The van der Waals surface area contributed by atoms with Crippen LogP contribution >= 0.6 is 31.9 Å². The fraction of sp³-hybridized carbons (Fsp3) is 0.105. The van der Waals surface area contributed by atoms with Gasteiger partial charge in [0.1, 0.15) is 5.75 Å². The first-order chi connectivity index (χ1) is 13.1. The molecule has 0 fully saturated rings. The van der Waals surface area contributed by atoms with Gasteiger partial charge in [-0.25, -0.2) is 5.43 Å². The van der Waals surface area contributed by atoms with Crippen LogP contribution in [0.15, 0.2) is 68.8 Å². The van der Waals surface area contributed by atoms with Crippen molar-refractivity contribution < 1.29 is 9.53 Å². The highest BCUT2D eigenvalue weighted by Gasteiger charge is 2.15. The molecule has 27 heavy (non-hydrogen) atoms. The van der Waals surface area contributed by atoms with Gasteiger partial charge in [0, 0.05) is 16.2 Å². The maximum absolute atomic E-state index is 12.4. The molecule has 0 aliphatic carbocycles. The molecule has 1 N–H and O–H groups in total. The number of benzene rings is 2. The molecule has 2 aromatic carbocycles. The molecule has 1 amide bonds. The zero-order chi connectivity index (χ0) is 19.2. The van der Waals surface area contributed by atoms with Crippen molar-refractivity contribution in [3.05, 3.63) is 80.5 Å². The highest BCUT2D eigenvalue weighted by Crippen LogP contribution is 2.17. The van der Waals surface area contributed by atoms with Crippen molar-refractivity contribution in [2.75, 3.05) is 7.11 Å². The van der Waals surface area contributed by atoms with Gasteiger partial charge in [-0.2, -0.15) is 10.2 Å². The van der Waals surface area contributed by atoms with E-state index < -0.39 is 5.91 Å². The number of amides is 1. The SMILES string of the molecule is COc1ccccc1/C=N\NC(=O)c1nn(Cc2ccc(Br)cc2)cc1Br. The zero-order valence-electron chi connectivity index (χ0n) is 14.4. The van der Waals surface area contributed by atoms with Crippen LogP contribution in [0.2, 0.25) is 0 Å². The number of para-hydroxylation sites is 1. The highest BCUT2D eigenvalue weighted by molar-refractivity contribution is 9.10. The Balaban J connectivity index is 1.67. The number of methoxy groups -OCH3 is 1. The van der Waals surface area contributed by atoms with Crippen LogP contribution in [0, 0.1) is 0 Å². The summed E-state index contributed by atoms with van der Waals surface area (Å²) in [6.45, 7) is 0.559. The molecule has 0 saturated carbocycles. The van der Waals surface area contributed by atoms with Gasteiger partial charge in [-0.3, -0.25) is 9.48 Å². The minimum Gasteiger partial charge on any atom is -0.496 e. The molecular weight excluding hydrogens is 476 g/mol. The summed E-state index contributed by atoms with van der Waals surface area (Å²) in [5.74, 6) is 0.276. The van der Waals surface area contributed by atoms with E-state index in [4.69, 9.17) is 4.74 Å². The fourth-order valence-corrected chi connectivity index (χ4v) is 3.16. The Bertz CT molecular complexity index is 968. The van der Waals surface area contributed by atoms with Gasteiger partial charge in [-0.05, 0) is 45.8 Å². The molecule has 0 unspecified atom stereocenters. The molecule has 138 valence electrons. The first-order valence-corrected chi connectivity index (χ1v) is 9.59. The monoisotopic (exact) mass is 490 g/mol. The summed E-state index contributed by atoms with van der Waals surface area (Å²) in [7, 11) is 1.58. The van der Waals surface area contributed by atoms with Gasteiger partial charge in [-0.15, -0.1) is 0 Å². The summed E-state index contributed by atoms with van der Waals surface area (Å²) in [5, 5.41) is 8.32. The molecule has 0 aliphatic rings. The van der Waals surface area contributed by atoms with Crippen LogP contribution in [-0.4, -0.2) is 29.0 Å². The topological polar surface area (TPSA) is 68.5 Å². The van der Waals surface area contributed by atoms with Gasteiger partial charge in [0.25, 0.3) is 5.91 Å². The molecule has 1 heterocycles. The molecule has 0 bridgehead atoms. The van der Waals surface area contributed by atoms with Gasteiger partial charge in [0.2, 0.25) is 0 Å². The maximum atomic E-state index is 12.4. The van der Waals surface area contributed by atoms with Crippen molar-refractivity contribution in [3.63, 3.8) is 0 Å². The molecule has 0 aliphatic heterocycles. The van der Waals surface area contributed by atoms with Crippen LogP contribution in [0.1, 0.15) is 21.6 Å². The quantitative estimate of drug-likeness (QED) is 0.414. The van der Waals surface area contributed by atoms with Gasteiger partial charge in [0.15, 0.2) is 5.69 Å². The molecule has 0 saturated heterocycles. The summed E-state index contributed by atoms with van der Waals surface area (Å²) in [5.41, 5.74) is 4.60. The number of halogens is 2. The lowest BCUT2D eigenvalue weighted by atomic mass is 10.2. The fourth-order valence-electron chi connectivity index (χ4n) is 2.40. The predicted molar refractivity (Wildman–Crippen MR) is 111 cm³/mol. The number of ether oxygens (including phenoxy) is 1. The average molecular weight is 492 g/mol. The molecule has 6 nitrogen and oxygen atoms in total. The van der Waals surface area contributed by atoms with E-state index in [1.807, 2.05) is 48.5 Å². The molecule has 0 spiro atoms. The van der Waals surface area contributed by atoms with Gasteiger partial charge < -0.3 is 4.74 Å². The van der Waals surface area contributed by atoms with Crippen molar-refractivity contribution in [3.8, 4) is 5.75 Å². The van der Waals surface area contributed by atoms with Crippen LogP contribution in [0.25, 0.3) is 0 Å². The van der Waals surface area contributed by atoms with E-state index in [-0.39, 0.29) is 5.69 Å². The number of carbonyl (C=O) groups is 1. The Morgan fingerprint density at radius 3 is 2.70 bits per heavy atom. The summed E-state index contributed by atoms with van der Waals surface area (Å²) in [6, 6.07) is 15.3. The normalized spacial score (nSPS) is 10.9. The van der Waals surface area contributed by atoms with E-state index in [1.54, 1.807) is 18.0 Å². The van der Waals surface area contributed by atoms with Crippen molar-refractivity contribution in [1.82, 2.24) is 15.2 Å². The lowest BCUT2D eigenvalue weighted by Crippen LogP contribution is -2.19. The van der Waals surface area contributed by atoms with Gasteiger partial charge >= 0.3 is 0 Å². The summed E-state index contributed by atoms with van der Waals surface area (Å²) in [4.78, 5) is 12.4. The number of hydrazone groups is 1. The van der Waals surface area contributed by atoms with Crippen molar-refractivity contribution >= 4 is 44.0 Å².